The van der Waals surface area contributed by atoms with Gasteiger partial charge in [0.2, 0.25) is 5.91 Å². The van der Waals surface area contributed by atoms with Crippen LogP contribution in [0.4, 0.5) is 10.5 Å². The molecule has 1 aromatic heterocycles. The molecule has 0 saturated carbocycles. The molecule has 1 atom stereocenters. The molecule has 0 radical (unpaired) electrons. The first kappa shape index (κ1) is 27.9. The quantitative estimate of drug-likeness (QED) is 0.428. The molecule has 1 aliphatic heterocycles. The normalized spacial score (nSPS) is 15.4. The Balaban J connectivity index is 2.18. The van der Waals surface area contributed by atoms with E-state index in [1.807, 2.05) is 20.8 Å². The van der Waals surface area contributed by atoms with Gasteiger partial charge in [-0.05, 0) is 68.9 Å². The fourth-order valence-corrected chi connectivity index (χ4v) is 4.60. The smallest absolute Gasteiger partial charge is 0.421 e. The largest absolute Gasteiger partial charge is 0.443 e. The molecule has 2 heterocycles. The number of alkyl halides is 1. The Kier molecular flexibility index (Phi) is 8.06. The summed E-state index contributed by atoms with van der Waals surface area (Å²) in [6.45, 7) is 10.9. The molecule has 0 fully saturated rings. The van der Waals surface area contributed by atoms with Crippen molar-refractivity contribution in [3.8, 4) is 11.1 Å². The number of hydrogen-bond donors (Lipinski definition) is 0. The molecular weight excluding hydrogens is 503 g/mol. The maximum Gasteiger partial charge on any atom is 0.421 e. The maximum absolute atomic E-state index is 13.4. The van der Waals surface area contributed by atoms with Gasteiger partial charge in [0.05, 0.1) is 17.6 Å². The number of carbonyl (C=O) groups is 3. The number of anilines is 1. The number of hydrogen-bond acceptors (Lipinski definition) is 5. The second-order valence-corrected chi connectivity index (χ2v) is 11.9. The molecular formula is C27H32Cl2N2O5. The van der Waals surface area contributed by atoms with Gasteiger partial charge in [0.15, 0.2) is 5.78 Å². The van der Waals surface area contributed by atoms with Gasteiger partial charge in [-0.3, -0.25) is 14.4 Å². The lowest BCUT2D eigenvalue weighted by Gasteiger charge is -2.29. The minimum absolute atomic E-state index is 0.0867. The summed E-state index contributed by atoms with van der Waals surface area (Å²) in [6, 6.07) is 7.36. The molecule has 0 saturated heterocycles. The fourth-order valence-electron chi connectivity index (χ4n) is 4.25. The molecule has 0 spiro atoms. The number of rotatable bonds is 5. The van der Waals surface area contributed by atoms with E-state index >= 15 is 0 Å². The average Bonchev–Trinajstić information content (AvgIpc) is 3.16. The summed E-state index contributed by atoms with van der Waals surface area (Å²) in [5.41, 5.74) is 0.276. The van der Waals surface area contributed by atoms with E-state index < -0.39 is 23.6 Å². The van der Waals surface area contributed by atoms with Crippen molar-refractivity contribution in [1.82, 2.24) is 4.57 Å². The molecule has 7 nitrogen and oxygen atoms in total. The first-order chi connectivity index (χ1) is 16.6. The summed E-state index contributed by atoms with van der Waals surface area (Å²) in [4.78, 5) is 53.1. The van der Waals surface area contributed by atoms with Crippen LogP contribution in [-0.2, 0) is 20.7 Å². The third kappa shape index (κ3) is 6.37. The topological polar surface area (TPSA) is 85.7 Å². The standard InChI is InChI=1S/C27H32Cl2N2O5/c1-26(2,3)14-24(34)31(25(35)36-27(4,5)6)20-9-7-17(29)13-19(20)16-11-18-8-10-21(22(32)15-28)30(18)23(33)12-16/h7,9,11-13,21H,8,10,14-15H2,1-6H3. The van der Waals surface area contributed by atoms with Crippen molar-refractivity contribution in [1.29, 1.82) is 0 Å². The highest BCUT2D eigenvalue weighted by atomic mass is 35.5. The molecule has 2 aromatic rings. The van der Waals surface area contributed by atoms with Crippen molar-refractivity contribution in [3.05, 3.63) is 51.4 Å². The highest BCUT2D eigenvalue weighted by molar-refractivity contribution is 6.31. The molecule has 0 N–H and O–H groups in total. The number of aromatic nitrogens is 1. The van der Waals surface area contributed by atoms with Crippen LogP contribution < -0.4 is 10.5 Å². The van der Waals surface area contributed by atoms with E-state index in [-0.39, 0.29) is 34.7 Å². The molecule has 1 aliphatic rings. The van der Waals surface area contributed by atoms with Crippen molar-refractivity contribution < 1.29 is 19.1 Å². The van der Waals surface area contributed by atoms with E-state index in [0.717, 1.165) is 4.90 Å². The zero-order valence-corrected chi connectivity index (χ0v) is 23.0. The summed E-state index contributed by atoms with van der Waals surface area (Å²) in [7, 11) is 0. The minimum atomic E-state index is -0.833. The van der Waals surface area contributed by atoms with Crippen LogP contribution in [0.2, 0.25) is 5.02 Å². The number of fused-ring (bicyclic) bond motifs is 1. The van der Waals surface area contributed by atoms with Gasteiger partial charge in [-0.15, -0.1) is 11.6 Å². The van der Waals surface area contributed by atoms with Crippen LogP contribution >= 0.6 is 23.2 Å². The van der Waals surface area contributed by atoms with Gasteiger partial charge >= 0.3 is 6.09 Å². The number of benzene rings is 1. The van der Waals surface area contributed by atoms with Crippen molar-refractivity contribution in [2.75, 3.05) is 10.8 Å². The molecule has 1 unspecified atom stereocenters. The fraction of sp³-hybridized carbons (Fsp3) is 0.481. The van der Waals surface area contributed by atoms with E-state index in [2.05, 4.69) is 0 Å². The van der Waals surface area contributed by atoms with Crippen molar-refractivity contribution in [3.63, 3.8) is 0 Å². The molecule has 9 heteroatoms. The van der Waals surface area contributed by atoms with E-state index in [1.54, 1.807) is 45.0 Å². The molecule has 3 rings (SSSR count). The predicted octanol–water partition coefficient (Wildman–Crippen LogP) is 6.17. The van der Waals surface area contributed by atoms with Gasteiger partial charge in [-0.2, -0.15) is 0 Å². The van der Waals surface area contributed by atoms with Crippen LogP contribution in [0, 0.1) is 5.41 Å². The number of amides is 2. The van der Waals surface area contributed by atoms with Crippen LogP contribution in [0.15, 0.2) is 35.1 Å². The molecule has 0 bridgehead atoms. The summed E-state index contributed by atoms with van der Waals surface area (Å²) >= 11 is 12.1. The highest BCUT2D eigenvalue weighted by Gasteiger charge is 2.34. The number of Topliss-reactive ketones (excluding diaryl/α,β-unsaturated/α-hetero) is 1. The number of imide groups is 1. The lowest BCUT2D eigenvalue weighted by Crippen LogP contribution is -2.42. The van der Waals surface area contributed by atoms with E-state index in [9.17, 15) is 19.2 Å². The Morgan fingerprint density at radius 2 is 1.75 bits per heavy atom. The number of carbonyl (C=O) groups excluding carboxylic acids is 3. The minimum Gasteiger partial charge on any atom is -0.443 e. The van der Waals surface area contributed by atoms with Gasteiger partial charge in [0.1, 0.15) is 5.60 Å². The van der Waals surface area contributed by atoms with Gasteiger partial charge in [0.25, 0.3) is 5.56 Å². The number of halogens is 2. The first-order valence-electron chi connectivity index (χ1n) is 11.8. The monoisotopic (exact) mass is 534 g/mol. The number of aryl methyl sites for hydroxylation is 1. The SMILES string of the molecule is CC(C)(C)CC(=O)N(C(=O)OC(C)(C)C)c1ccc(Cl)cc1-c1cc2n(c(=O)c1)C(C(=O)CCl)CC2. The van der Waals surface area contributed by atoms with E-state index in [0.29, 0.717) is 34.7 Å². The van der Waals surface area contributed by atoms with Crippen molar-refractivity contribution in [2.45, 2.75) is 72.4 Å². The summed E-state index contributed by atoms with van der Waals surface area (Å²) in [6.07, 6.45) is 0.278. The number of nitrogens with zero attached hydrogens (tertiary/aromatic N) is 2. The zero-order valence-electron chi connectivity index (χ0n) is 21.5. The molecule has 36 heavy (non-hydrogen) atoms. The lowest BCUT2D eigenvalue weighted by atomic mass is 9.91. The van der Waals surface area contributed by atoms with Crippen LogP contribution in [0.5, 0.6) is 0 Å². The van der Waals surface area contributed by atoms with E-state index in [4.69, 9.17) is 27.9 Å². The van der Waals surface area contributed by atoms with E-state index in [1.165, 1.54) is 10.6 Å². The number of ether oxygens (including phenoxy) is 1. The Bertz CT molecular complexity index is 1230. The van der Waals surface area contributed by atoms with Crippen LogP contribution in [0.3, 0.4) is 0 Å². The average molecular weight is 535 g/mol. The van der Waals surface area contributed by atoms with Crippen LogP contribution in [-0.4, -0.2) is 33.8 Å². The third-order valence-corrected chi connectivity index (χ3v) is 6.15. The van der Waals surface area contributed by atoms with Crippen molar-refractivity contribution in [2.24, 2.45) is 5.41 Å². The van der Waals surface area contributed by atoms with Gasteiger partial charge in [-0.25, -0.2) is 9.69 Å². The lowest BCUT2D eigenvalue weighted by molar-refractivity contribution is -0.120. The van der Waals surface area contributed by atoms with Crippen molar-refractivity contribution >= 4 is 46.7 Å². The van der Waals surface area contributed by atoms with Crippen LogP contribution in [0.25, 0.3) is 11.1 Å². The predicted molar refractivity (Wildman–Crippen MR) is 142 cm³/mol. The Labute approximate surface area is 221 Å². The molecule has 2 amide bonds. The molecule has 1 aromatic carbocycles. The second-order valence-electron chi connectivity index (χ2n) is 11.2. The summed E-state index contributed by atoms with van der Waals surface area (Å²) < 4.78 is 7.05. The Hall–Kier alpha value is -2.64. The maximum atomic E-state index is 13.4. The summed E-state index contributed by atoms with van der Waals surface area (Å²) in [5, 5.41) is 0.372. The number of pyridine rings is 1. The number of ketones is 1. The van der Waals surface area contributed by atoms with Gasteiger partial charge < -0.3 is 9.30 Å². The van der Waals surface area contributed by atoms with Gasteiger partial charge in [-0.1, -0.05) is 32.4 Å². The van der Waals surface area contributed by atoms with Crippen LogP contribution in [0.1, 0.15) is 66.1 Å². The third-order valence-electron chi connectivity index (χ3n) is 5.65. The Morgan fingerprint density at radius 3 is 2.33 bits per heavy atom. The molecule has 0 aliphatic carbocycles. The highest BCUT2D eigenvalue weighted by Crippen LogP contribution is 2.37. The second kappa shape index (κ2) is 10.4. The van der Waals surface area contributed by atoms with Gasteiger partial charge in [0, 0.05) is 28.8 Å². The molecule has 194 valence electrons. The summed E-state index contributed by atoms with van der Waals surface area (Å²) in [5.74, 6) is -0.819. The Morgan fingerprint density at radius 1 is 1.08 bits per heavy atom. The first-order valence-corrected chi connectivity index (χ1v) is 12.7. The zero-order chi connectivity index (χ0) is 27.0.